The number of nitrogens with zero attached hydrogens (tertiary/aromatic N) is 3. The molecule has 0 unspecified atom stereocenters. The molecule has 0 saturated heterocycles. The van der Waals surface area contributed by atoms with Crippen LogP contribution in [0.2, 0.25) is 10.0 Å². The molecule has 100 valence electrons. The van der Waals surface area contributed by atoms with Crippen molar-refractivity contribution in [3.8, 4) is 5.69 Å². The van der Waals surface area contributed by atoms with Crippen LogP contribution in [0.15, 0.2) is 24.4 Å². The maximum absolute atomic E-state index is 5.99. The topological polar surface area (TPSA) is 42.7 Å². The molecule has 2 aromatic rings. The molecule has 1 aromatic carbocycles. The molecule has 0 aliphatic heterocycles. The van der Waals surface area contributed by atoms with E-state index in [0.717, 1.165) is 30.4 Å². The monoisotopic (exact) mass is 296 g/mol. The van der Waals surface area contributed by atoms with Crippen LogP contribution in [0.4, 0.5) is 0 Å². The van der Waals surface area contributed by atoms with Crippen LogP contribution in [-0.2, 0) is 6.54 Å². The van der Waals surface area contributed by atoms with Gasteiger partial charge in [0.2, 0.25) is 0 Å². The second kappa shape index (κ2) is 5.49. The fourth-order valence-corrected chi connectivity index (χ4v) is 2.15. The number of rotatable bonds is 5. The van der Waals surface area contributed by atoms with Crippen LogP contribution < -0.4 is 5.32 Å². The Hall–Kier alpha value is -1.10. The molecule has 0 radical (unpaired) electrons. The quantitative estimate of drug-likeness (QED) is 0.922. The van der Waals surface area contributed by atoms with Crippen molar-refractivity contribution in [2.75, 3.05) is 6.54 Å². The van der Waals surface area contributed by atoms with E-state index in [4.69, 9.17) is 23.2 Å². The minimum absolute atomic E-state index is 0.517. The highest BCUT2D eigenvalue weighted by atomic mass is 35.5. The number of benzene rings is 1. The highest BCUT2D eigenvalue weighted by Gasteiger charge is 2.20. The molecule has 1 aliphatic carbocycles. The van der Waals surface area contributed by atoms with E-state index in [1.807, 2.05) is 12.3 Å². The molecular formula is C13H14Cl2N4. The second-order valence-electron chi connectivity index (χ2n) is 4.83. The van der Waals surface area contributed by atoms with Crippen molar-refractivity contribution in [2.24, 2.45) is 5.92 Å². The minimum atomic E-state index is 0.517. The highest BCUT2D eigenvalue weighted by Crippen LogP contribution is 2.27. The van der Waals surface area contributed by atoms with Crippen molar-refractivity contribution >= 4 is 23.2 Å². The molecule has 19 heavy (non-hydrogen) atoms. The molecule has 1 aromatic heterocycles. The van der Waals surface area contributed by atoms with Crippen molar-refractivity contribution in [1.29, 1.82) is 0 Å². The highest BCUT2D eigenvalue weighted by molar-refractivity contribution is 6.42. The lowest BCUT2D eigenvalue weighted by molar-refractivity contribution is 0.628. The zero-order valence-electron chi connectivity index (χ0n) is 10.3. The predicted molar refractivity (Wildman–Crippen MR) is 75.8 cm³/mol. The second-order valence-corrected chi connectivity index (χ2v) is 5.64. The Balaban J connectivity index is 1.67. The molecule has 1 fully saturated rings. The molecule has 0 bridgehead atoms. The number of hydrogen-bond donors (Lipinski definition) is 1. The Labute approximate surface area is 121 Å². The van der Waals surface area contributed by atoms with E-state index in [1.165, 1.54) is 12.8 Å². The summed E-state index contributed by atoms with van der Waals surface area (Å²) in [6, 6.07) is 5.40. The lowest BCUT2D eigenvalue weighted by atomic mass is 10.3. The van der Waals surface area contributed by atoms with Gasteiger partial charge in [-0.1, -0.05) is 28.4 Å². The summed E-state index contributed by atoms with van der Waals surface area (Å²) in [6.45, 7) is 1.82. The van der Waals surface area contributed by atoms with Crippen molar-refractivity contribution in [2.45, 2.75) is 19.4 Å². The van der Waals surface area contributed by atoms with Crippen LogP contribution >= 0.6 is 23.2 Å². The average Bonchev–Trinajstić information content (AvgIpc) is 3.10. The van der Waals surface area contributed by atoms with E-state index in [9.17, 15) is 0 Å². The van der Waals surface area contributed by atoms with Crippen LogP contribution in [0.3, 0.4) is 0 Å². The van der Waals surface area contributed by atoms with Crippen LogP contribution in [-0.4, -0.2) is 21.5 Å². The number of halogens is 2. The Morgan fingerprint density at radius 2 is 2.11 bits per heavy atom. The van der Waals surface area contributed by atoms with Gasteiger partial charge < -0.3 is 5.32 Å². The number of nitrogens with one attached hydrogen (secondary N) is 1. The zero-order chi connectivity index (χ0) is 13.2. The van der Waals surface area contributed by atoms with E-state index in [-0.39, 0.29) is 0 Å². The first-order chi connectivity index (χ1) is 9.22. The predicted octanol–water partition coefficient (Wildman–Crippen LogP) is 3.07. The first-order valence-electron chi connectivity index (χ1n) is 6.30. The van der Waals surface area contributed by atoms with Gasteiger partial charge in [-0.15, -0.1) is 5.10 Å². The lowest BCUT2D eigenvalue weighted by Gasteiger charge is -2.02. The van der Waals surface area contributed by atoms with E-state index in [2.05, 4.69) is 15.6 Å². The molecule has 1 heterocycles. The largest absolute Gasteiger partial charge is 0.311 e. The number of aromatic nitrogens is 3. The minimum Gasteiger partial charge on any atom is -0.311 e. The van der Waals surface area contributed by atoms with E-state index < -0.39 is 0 Å². The molecule has 1 aliphatic rings. The fourth-order valence-electron chi connectivity index (χ4n) is 1.86. The Morgan fingerprint density at radius 1 is 1.26 bits per heavy atom. The molecule has 0 amide bonds. The molecular weight excluding hydrogens is 283 g/mol. The van der Waals surface area contributed by atoms with Crippen molar-refractivity contribution in [3.63, 3.8) is 0 Å². The van der Waals surface area contributed by atoms with Gasteiger partial charge in [0, 0.05) is 6.54 Å². The van der Waals surface area contributed by atoms with Gasteiger partial charge >= 0.3 is 0 Å². The Morgan fingerprint density at radius 3 is 2.84 bits per heavy atom. The van der Waals surface area contributed by atoms with Crippen molar-refractivity contribution in [1.82, 2.24) is 20.3 Å². The van der Waals surface area contributed by atoms with Crippen molar-refractivity contribution in [3.05, 3.63) is 40.1 Å². The SMILES string of the molecule is Clc1ccc(-n2cc(CNCC3CC3)nn2)cc1Cl. The average molecular weight is 297 g/mol. The molecule has 4 nitrogen and oxygen atoms in total. The first kappa shape index (κ1) is 12.9. The van der Waals surface area contributed by atoms with Gasteiger partial charge in [-0.05, 0) is 43.5 Å². The number of hydrogen-bond acceptors (Lipinski definition) is 3. The maximum atomic E-state index is 5.99. The van der Waals surface area contributed by atoms with Crippen molar-refractivity contribution < 1.29 is 0 Å². The van der Waals surface area contributed by atoms with Crippen LogP contribution in [0.5, 0.6) is 0 Å². The summed E-state index contributed by atoms with van der Waals surface area (Å²) < 4.78 is 1.70. The maximum Gasteiger partial charge on any atom is 0.0969 e. The third kappa shape index (κ3) is 3.26. The summed E-state index contributed by atoms with van der Waals surface area (Å²) in [6.07, 6.45) is 4.60. The fraction of sp³-hybridized carbons (Fsp3) is 0.385. The summed E-state index contributed by atoms with van der Waals surface area (Å²) in [7, 11) is 0. The zero-order valence-corrected chi connectivity index (χ0v) is 11.8. The van der Waals surface area contributed by atoms with Gasteiger partial charge in [0.15, 0.2) is 0 Å². The molecule has 1 N–H and O–H groups in total. The van der Waals surface area contributed by atoms with E-state index >= 15 is 0 Å². The molecule has 1 saturated carbocycles. The summed E-state index contributed by atoms with van der Waals surface area (Å²) in [5.41, 5.74) is 1.78. The standard InChI is InChI=1S/C13H14Cl2N4/c14-12-4-3-11(5-13(12)15)19-8-10(17-18-19)7-16-6-9-1-2-9/h3-5,8-9,16H,1-2,6-7H2. The summed E-state index contributed by atoms with van der Waals surface area (Å²) >= 11 is 11.9. The van der Waals surface area contributed by atoms with Crippen LogP contribution in [0.25, 0.3) is 5.69 Å². The van der Waals surface area contributed by atoms with Crippen LogP contribution in [0, 0.1) is 5.92 Å². The third-order valence-corrected chi connectivity index (χ3v) is 3.88. The van der Waals surface area contributed by atoms with Gasteiger partial charge in [0.1, 0.15) is 0 Å². The first-order valence-corrected chi connectivity index (χ1v) is 7.05. The normalized spacial score (nSPS) is 14.8. The smallest absolute Gasteiger partial charge is 0.0969 e. The van der Waals surface area contributed by atoms with Gasteiger partial charge in [0.25, 0.3) is 0 Å². The molecule has 0 atom stereocenters. The lowest BCUT2D eigenvalue weighted by Crippen LogP contribution is -2.16. The summed E-state index contributed by atoms with van der Waals surface area (Å²) in [4.78, 5) is 0. The Bertz CT molecular complexity index is 578. The molecule has 3 rings (SSSR count). The van der Waals surface area contributed by atoms with Gasteiger partial charge in [-0.2, -0.15) is 0 Å². The van der Waals surface area contributed by atoms with Crippen LogP contribution in [0.1, 0.15) is 18.5 Å². The summed E-state index contributed by atoms with van der Waals surface area (Å²) in [5, 5.41) is 12.7. The summed E-state index contributed by atoms with van der Waals surface area (Å²) in [5.74, 6) is 0.866. The van der Waals surface area contributed by atoms with Gasteiger partial charge in [-0.25, -0.2) is 4.68 Å². The molecule has 6 heteroatoms. The van der Waals surface area contributed by atoms with E-state index in [0.29, 0.717) is 10.0 Å². The third-order valence-electron chi connectivity index (χ3n) is 3.14. The molecule has 0 spiro atoms. The van der Waals surface area contributed by atoms with E-state index in [1.54, 1.807) is 16.8 Å². The Kier molecular flexibility index (Phi) is 3.73. The van der Waals surface area contributed by atoms with Gasteiger partial charge in [0.05, 0.1) is 27.6 Å². The van der Waals surface area contributed by atoms with Gasteiger partial charge in [-0.3, -0.25) is 0 Å².